The third kappa shape index (κ3) is 6.31. The van der Waals surface area contributed by atoms with Gasteiger partial charge in [0.05, 0.1) is 4.90 Å². The standard InChI is InChI=1S/C18H25N3O6S/c1-13(18(24)27-12-17(23)21-10-4-3-5-11-21)20-28(25,26)16-8-6-15(7-9-16)19-14(2)22/h6-9,13,20H,3-5,10-12H2,1-2H3,(H,19,22)/t13-/m0/s1. The molecule has 0 bridgehead atoms. The maximum atomic E-state index is 12.4. The highest BCUT2D eigenvalue weighted by Gasteiger charge is 2.25. The smallest absolute Gasteiger partial charge is 0.324 e. The number of anilines is 1. The Morgan fingerprint density at radius 1 is 1.11 bits per heavy atom. The molecule has 1 atom stereocenters. The van der Waals surface area contributed by atoms with Gasteiger partial charge in [0.15, 0.2) is 6.61 Å². The van der Waals surface area contributed by atoms with Gasteiger partial charge in [-0.05, 0) is 50.5 Å². The fourth-order valence-corrected chi connectivity index (χ4v) is 3.95. The van der Waals surface area contributed by atoms with Gasteiger partial charge in [-0.25, -0.2) is 8.42 Å². The molecule has 1 aromatic rings. The van der Waals surface area contributed by atoms with Crippen LogP contribution in [0.2, 0.25) is 0 Å². The van der Waals surface area contributed by atoms with Crippen molar-refractivity contribution in [2.24, 2.45) is 0 Å². The Bertz CT molecular complexity index is 816. The Labute approximate surface area is 164 Å². The summed E-state index contributed by atoms with van der Waals surface area (Å²) in [5.41, 5.74) is 0.454. The lowest BCUT2D eigenvalue weighted by Crippen LogP contribution is -2.42. The molecular weight excluding hydrogens is 386 g/mol. The first kappa shape index (κ1) is 21.8. The Hall–Kier alpha value is -2.46. The normalized spacial score (nSPS) is 15.6. The number of benzene rings is 1. The van der Waals surface area contributed by atoms with E-state index in [9.17, 15) is 22.8 Å². The summed E-state index contributed by atoms with van der Waals surface area (Å²) in [6.45, 7) is 3.57. The second-order valence-electron chi connectivity index (χ2n) is 6.60. The molecule has 2 N–H and O–H groups in total. The van der Waals surface area contributed by atoms with Gasteiger partial charge in [-0.15, -0.1) is 0 Å². The third-order valence-corrected chi connectivity index (χ3v) is 5.77. The van der Waals surface area contributed by atoms with Crippen molar-refractivity contribution in [3.8, 4) is 0 Å². The molecule has 0 radical (unpaired) electrons. The molecule has 0 spiro atoms. The highest BCUT2D eigenvalue weighted by atomic mass is 32.2. The van der Waals surface area contributed by atoms with Crippen molar-refractivity contribution in [2.75, 3.05) is 25.0 Å². The van der Waals surface area contributed by atoms with E-state index in [-0.39, 0.29) is 16.7 Å². The van der Waals surface area contributed by atoms with Gasteiger partial charge in [-0.1, -0.05) is 0 Å². The Balaban J connectivity index is 1.88. The molecule has 10 heteroatoms. The summed E-state index contributed by atoms with van der Waals surface area (Å²) in [6.07, 6.45) is 2.93. The predicted octanol–water partition coefficient (Wildman–Crippen LogP) is 0.868. The van der Waals surface area contributed by atoms with Crippen LogP contribution >= 0.6 is 0 Å². The number of esters is 1. The highest BCUT2D eigenvalue weighted by molar-refractivity contribution is 7.89. The largest absolute Gasteiger partial charge is 0.454 e. The van der Waals surface area contributed by atoms with Gasteiger partial charge in [-0.3, -0.25) is 14.4 Å². The molecule has 1 heterocycles. The van der Waals surface area contributed by atoms with Crippen LogP contribution < -0.4 is 10.0 Å². The van der Waals surface area contributed by atoms with Crippen molar-refractivity contribution in [3.05, 3.63) is 24.3 Å². The molecule has 2 amide bonds. The van der Waals surface area contributed by atoms with E-state index in [0.29, 0.717) is 18.8 Å². The lowest BCUT2D eigenvalue weighted by atomic mass is 10.1. The third-order valence-electron chi connectivity index (χ3n) is 4.22. The maximum absolute atomic E-state index is 12.4. The van der Waals surface area contributed by atoms with Crippen LogP contribution in [-0.2, 0) is 29.1 Å². The van der Waals surface area contributed by atoms with Crippen molar-refractivity contribution in [1.29, 1.82) is 0 Å². The molecule has 1 saturated heterocycles. The van der Waals surface area contributed by atoms with Crippen molar-refractivity contribution in [3.63, 3.8) is 0 Å². The number of likely N-dealkylation sites (tertiary alicyclic amines) is 1. The number of rotatable bonds is 7. The first-order valence-corrected chi connectivity index (χ1v) is 10.5. The minimum Gasteiger partial charge on any atom is -0.454 e. The minimum atomic E-state index is -3.97. The number of hydrogen-bond donors (Lipinski definition) is 2. The summed E-state index contributed by atoms with van der Waals surface area (Å²) in [5.74, 6) is -1.38. The van der Waals surface area contributed by atoms with Gasteiger partial charge in [0.1, 0.15) is 6.04 Å². The number of piperidine rings is 1. The molecule has 0 aromatic heterocycles. The van der Waals surface area contributed by atoms with Crippen LogP contribution in [0.5, 0.6) is 0 Å². The van der Waals surface area contributed by atoms with Gasteiger partial charge in [0.2, 0.25) is 15.9 Å². The van der Waals surface area contributed by atoms with E-state index < -0.39 is 28.6 Å². The van der Waals surface area contributed by atoms with E-state index in [0.717, 1.165) is 19.3 Å². The van der Waals surface area contributed by atoms with Gasteiger partial charge >= 0.3 is 5.97 Å². The fraction of sp³-hybridized carbons (Fsp3) is 0.500. The zero-order valence-electron chi connectivity index (χ0n) is 15.9. The SMILES string of the molecule is CC(=O)Nc1ccc(S(=O)(=O)N[C@@H](C)C(=O)OCC(=O)N2CCCCC2)cc1. The molecule has 28 heavy (non-hydrogen) atoms. The van der Waals surface area contributed by atoms with Gasteiger partial charge in [-0.2, -0.15) is 4.72 Å². The molecular formula is C18H25N3O6S. The van der Waals surface area contributed by atoms with Gasteiger partial charge in [0.25, 0.3) is 5.91 Å². The number of carbonyl (C=O) groups excluding carboxylic acids is 3. The van der Waals surface area contributed by atoms with E-state index in [4.69, 9.17) is 4.74 Å². The molecule has 2 rings (SSSR count). The van der Waals surface area contributed by atoms with Crippen LogP contribution in [0.25, 0.3) is 0 Å². The lowest BCUT2D eigenvalue weighted by Gasteiger charge is -2.26. The molecule has 0 aliphatic carbocycles. The summed E-state index contributed by atoms with van der Waals surface area (Å²) in [6, 6.07) is 4.35. The lowest BCUT2D eigenvalue weighted by molar-refractivity contribution is -0.153. The zero-order chi connectivity index (χ0) is 20.7. The van der Waals surface area contributed by atoms with E-state index in [1.807, 2.05) is 0 Å². The van der Waals surface area contributed by atoms with Crippen molar-refractivity contribution in [1.82, 2.24) is 9.62 Å². The summed E-state index contributed by atoms with van der Waals surface area (Å²) in [5, 5.41) is 2.53. The second-order valence-corrected chi connectivity index (χ2v) is 8.31. The first-order valence-electron chi connectivity index (χ1n) is 9.03. The molecule has 1 aliphatic rings. The van der Waals surface area contributed by atoms with E-state index in [1.165, 1.54) is 38.1 Å². The minimum absolute atomic E-state index is 0.0642. The molecule has 0 unspecified atom stereocenters. The number of hydrogen-bond acceptors (Lipinski definition) is 6. The predicted molar refractivity (Wildman–Crippen MR) is 102 cm³/mol. The number of carbonyl (C=O) groups is 3. The summed E-state index contributed by atoms with van der Waals surface area (Å²) in [4.78, 5) is 36.7. The van der Waals surface area contributed by atoms with Gasteiger partial charge < -0.3 is 15.0 Å². The van der Waals surface area contributed by atoms with E-state index >= 15 is 0 Å². The molecule has 154 valence electrons. The van der Waals surface area contributed by atoms with Crippen molar-refractivity contribution >= 4 is 33.5 Å². The van der Waals surface area contributed by atoms with Crippen LogP contribution in [0.1, 0.15) is 33.1 Å². The zero-order valence-corrected chi connectivity index (χ0v) is 16.8. The van der Waals surface area contributed by atoms with E-state index in [2.05, 4.69) is 10.0 Å². The van der Waals surface area contributed by atoms with Crippen LogP contribution in [0.15, 0.2) is 29.2 Å². The van der Waals surface area contributed by atoms with Crippen molar-refractivity contribution in [2.45, 2.75) is 44.0 Å². The number of amides is 2. The molecule has 0 saturated carbocycles. The van der Waals surface area contributed by atoms with Crippen LogP contribution in [0.4, 0.5) is 5.69 Å². The highest BCUT2D eigenvalue weighted by Crippen LogP contribution is 2.14. The second kappa shape index (κ2) is 9.65. The number of sulfonamides is 1. The quantitative estimate of drug-likeness (QED) is 0.642. The summed E-state index contributed by atoms with van der Waals surface area (Å²) >= 11 is 0. The molecule has 1 fully saturated rings. The topological polar surface area (TPSA) is 122 Å². The Morgan fingerprint density at radius 2 is 1.71 bits per heavy atom. The number of ether oxygens (including phenoxy) is 1. The summed E-state index contributed by atoms with van der Waals surface area (Å²) < 4.78 is 31.9. The molecule has 9 nitrogen and oxygen atoms in total. The average Bonchev–Trinajstić information content (AvgIpc) is 2.66. The number of nitrogens with one attached hydrogen (secondary N) is 2. The monoisotopic (exact) mass is 411 g/mol. The van der Waals surface area contributed by atoms with Crippen LogP contribution in [0.3, 0.4) is 0 Å². The van der Waals surface area contributed by atoms with Crippen LogP contribution in [-0.4, -0.2) is 56.8 Å². The Kier molecular flexibility index (Phi) is 7.53. The Morgan fingerprint density at radius 3 is 2.29 bits per heavy atom. The maximum Gasteiger partial charge on any atom is 0.324 e. The average molecular weight is 411 g/mol. The van der Waals surface area contributed by atoms with E-state index in [1.54, 1.807) is 4.90 Å². The molecule has 1 aliphatic heterocycles. The van der Waals surface area contributed by atoms with Crippen molar-refractivity contribution < 1.29 is 27.5 Å². The molecule has 1 aromatic carbocycles. The first-order chi connectivity index (χ1) is 13.2. The van der Waals surface area contributed by atoms with Crippen LogP contribution in [0, 0.1) is 0 Å². The van der Waals surface area contributed by atoms with Gasteiger partial charge in [0, 0.05) is 25.7 Å². The summed E-state index contributed by atoms with van der Waals surface area (Å²) in [7, 11) is -3.97. The fourth-order valence-electron chi connectivity index (χ4n) is 2.76. The number of nitrogens with zero attached hydrogens (tertiary/aromatic N) is 1.